The lowest BCUT2D eigenvalue weighted by molar-refractivity contribution is 0.561. The Balaban J connectivity index is 1.93. The van der Waals surface area contributed by atoms with E-state index in [1.165, 1.54) is 18.3 Å². The lowest BCUT2D eigenvalue weighted by Crippen LogP contribution is -2.06. The van der Waals surface area contributed by atoms with Gasteiger partial charge in [-0.1, -0.05) is 23.7 Å². The minimum absolute atomic E-state index is 0.102. The van der Waals surface area contributed by atoms with Gasteiger partial charge in [0.1, 0.15) is 5.82 Å². The van der Waals surface area contributed by atoms with Crippen LogP contribution in [0.15, 0.2) is 48.9 Å². The van der Waals surface area contributed by atoms with E-state index in [0.717, 1.165) is 5.56 Å². The molecule has 112 valence electrons. The maximum Gasteiger partial charge on any atom is 0.168 e. The first-order valence-corrected chi connectivity index (χ1v) is 7.04. The van der Waals surface area contributed by atoms with E-state index in [1.807, 2.05) is 6.92 Å². The van der Waals surface area contributed by atoms with Crippen LogP contribution in [0.1, 0.15) is 18.5 Å². The molecule has 0 aliphatic carbocycles. The van der Waals surface area contributed by atoms with E-state index in [9.17, 15) is 8.78 Å². The van der Waals surface area contributed by atoms with Crippen LogP contribution in [0, 0.1) is 11.6 Å². The van der Waals surface area contributed by atoms with Crippen molar-refractivity contribution >= 4 is 11.6 Å². The number of hydrogen-bond donors (Lipinski definition) is 0. The third-order valence-electron chi connectivity index (χ3n) is 3.51. The number of nitrogens with zero attached hydrogens (tertiary/aromatic N) is 3. The highest BCUT2D eigenvalue weighted by atomic mass is 35.5. The number of rotatable bonds is 3. The minimum atomic E-state index is -0.571. The Bertz CT molecular complexity index is 799. The van der Waals surface area contributed by atoms with Crippen LogP contribution in [0.4, 0.5) is 8.78 Å². The minimum Gasteiger partial charge on any atom is -0.265 e. The molecule has 0 bridgehead atoms. The molecule has 0 unspecified atom stereocenters. The molecular formula is C16H12ClF2N3. The second-order valence-electron chi connectivity index (χ2n) is 4.90. The van der Waals surface area contributed by atoms with E-state index in [0.29, 0.717) is 11.1 Å². The van der Waals surface area contributed by atoms with Crippen LogP contribution in [-0.4, -0.2) is 14.8 Å². The van der Waals surface area contributed by atoms with E-state index in [1.54, 1.807) is 35.3 Å². The summed E-state index contributed by atoms with van der Waals surface area (Å²) in [7, 11) is 0. The fourth-order valence-electron chi connectivity index (χ4n) is 2.22. The molecule has 0 aliphatic heterocycles. The standard InChI is InChI=1S/C16H12ClF2N3/c1-10(11-2-4-13(18)5-3-11)22-9-12(8-21-22)14-6-7-20-16(17)15(14)19/h2-10H,1H3/t10-/m1/s1. The van der Waals surface area contributed by atoms with Gasteiger partial charge in [0.15, 0.2) is 11.0 Å². The normalized spacial score (nSPS) is 12.4. The Hall–Kier alpha value is -2.27. The predicted octanol–water partition coefficient (Wildman–Crippen LogP) is 4.49. The van der Waals surface area contributed by atoms with Crippen molar-refractivity contribution in [1.82, 2.24) is 14.8 Å². The quantitative estimate of drug-likeness (QED) is 0.666. The van der Waals surface area contributed by atoms with Crippen LogP contribution in [0.5, 0.6) is 0 Å². The van der Waals surface area contributed by atoms with Crippen molar-refractivity contribution in [2.45, 2.75) is 13.0 Å². The van der Waals surface area contributed by atoms with E-state index in [4.69, 9.17) is 11.6 Å². The van der Waals surface area contributed by atoms with Crippen LogP contribution in [0.25, 0.3) is 11.1 Å². The van der Waals surface area contributed by atoms with E-state index >= 15 is 0 Å². The first kappa shape index (κ1) is 14.7. The third kappa shape index (κ3) is 2.72. The first-order chi connectivity index (χ1) is 10.6. The van der Waals surface area contributed by atoms with Gasteiger partial charge in [0.2, 0.25) is 0 Å². The first-order valence-electron chi connectivity index (χ1n) is 6.66. The van der Waals surface area contributed by atoms with Crippen LogP contribution in [0.3, 0.4) is 0 Å². The summed E-state index contributed by atoms with van der Waals surface area (Å²) >= 11 is 5.69. The lowest BCUT2D eigenvalue weighted by atomic mass is 10.1. The molecule has 0 spiro atoms. The molecule has 3 aromatic rings. The summed E-state index contributed by atoms with van der Waals surface area (Å²) in [5.74, 6) is -0.858. The van der Waals surface area contributed by atoms with E-state index < -0.39 is 5.82 Å². The van der Waals surface area contributed by atoms with Gasteiger partial charge in [-0.25, -0.2) is 13.8 Å². The van der Waals surface area contributed by atoms with Crippen LogP contribution in [-0.2, 0) is 0 Å². The lowest BCUT2D eigenvalue weighted by Gasteiger charge is -2.12. The molecule has 3 rings (SSSR count). The Morgan fingerprint density at radius 2 is 1.86 bits per heavy atom. The highest BCUT2D eigenvalue weighted by molar-refractivity contribution is 6.29. The zero-order valence-electron chi connectivity index (χ0n) is 11.7. The van der Waals surface area contributed by atoms with Crippen molar-refractivity contribution < 1.29 is 8.78 Å². The molecule has 0 saturated carbocycles. The average molecular weight is 320 g/mol. The summed E-state index contributed by atoms with van der Waals surface area (Å²) in [6, 6.07) is 7.65. The molecule has 0 amide bonds. The summed E-state index contributed by atoms with van der Waals surface area (Å²) in [4.78, 5) is 3.69. The van der Waals surface area contributed by atoms with Crippen molar-refractivity contribution in [1.29, 1.82) is 0 Å². The summed E-state index contributed by atoms with van der Waals surface area (Å²) in [6.07, 6.45) is 4.74. The fourth-order valence-corrected chi connectivity index (χ4v) is 2.38. The van der Waals surface area contributed by atoms with Crippen LogP contribution >= 0.6 is 11.6 Å². The molecule has 0 fully saturated rings. The predicted molar refractivity (Wildman–Crippen MR) is 80.6 cm³/mol. The van der Waals surface area contributed by atoms with Crippen molar-refractivity contribution in [3.63, 3.8) is 0 Å². The van der Waals surface area contributed by atoms with Crippen molar-refractivity contribution in [3.8, 4) is 11.1 Å². The highest BCUT2D eigenvalue weighted by Crippen LogP contribution is 2.27. The van der Waals surface area contributed by atoms with Crippen molar-refractivity contribution in [2.24, 2.45) is 0 Å². The van der Waals surface area contributed by atoms with Gasteiger partial charge in [-0.05, 0) is 30.7 Å². The molecule has 6 heteroatoms. The molecule has 2 aromatic heterocycles. The SMILES string of the molecule is C[C@H](c1ccc(F)cc1)n1cc(-c2ccnc(Cl)c2F)cn1. The number of aromatic nitrogens is 3. The monoisotopic (exact) mass is 319 g/mol. The van der Waals surface area contributed by atoms with Gasteiger partial charge in [-0.3, -0.25) is 4.68 Å². The molecule has 0 radical (unpaired) electrons. The smallest absolute Gasteiger partial charge is 0.168 e. The molecule has 0 N–H and O–H groups in total. The second-order valence-corrected chi connectivity index (χ2v) is 5.26. The zero-order chi connectivity index (χ0) is 15.7. The van der Waals surface area contributed by atoms with Crippen LogP contribution < -0.4 is 0 Å². The number of benzene rings is 1. The molecule has 3 nitrogen and oxygen atoms in total. The molecule has 0 saturated heterocycles. The largest absolute Gasteiger partial charge is 0.265 e. The van der Waals surface area contributed by atoms with Crippen molar-refractivity contribution in [2.75, 3.05) is 0 Å². The molecule has 1 atom stereocenters. The van der Waals surface area contributed by atoms with Gasteiger partial charge >= 0.3 is 0 Å². The van der Waals surface area contributed by atoms with Crippen molar-refractivity contribution in [3.05, 3.63) is 71.3 Å². The fraction of sp³-hybridized carbons (Fsp3) is 0.125. The third-order valence-corrected chi connectivity index (χ3v) is 3.77. The molecule has 2 heterocycles. The number of pyridine rings is 1. The number of halogens is 3. The van der Waals surface area contributed by atoms with Gasteiger partial charge in [-0.15, -0.1) is 0 Å². The Morgan fingerprint density at radius 3 is 2.59 bits per heavy atom. The van der Waals surface area contributed by atoms with E-state index in [2.05, 4.69) is 10.1 Å². The topological polar surface area (TPSA) is 30.7 Å². The van der Waals surface area contributed by atoms with Gasteiger partial charge in [0.05, 0.1) is 12.2 Å². The van der Waals surface area contributed by atoms with Gasteiger partial charge in [-0.2, -0.15) is 5.10 Å². The van der Waals surface area contributed by atoms with Gasteiger partial charge in [0.25, 0.3) is 0 Å². The van der Waals surface area contributed by atoms with Gasteiger partial charge < -0.3 is 0 Å². The van der Waals surface area contributed by atoms with Gasteiger partial charge in [0, 0.05) is 23.5 Å². The summed E-state index contributed by atoms with van der Waals surface area (Å²) < 4.78 is 28.7. The maximum absolute atomic E-state index is 14.0. The van der Waals surface area contributed by atoms with E-state index in [-0.39, 0.29) is 17.0 Å². The molecule has 0 aliphatic rings. The number of hydrogen-bond acceptors (Lipinski definition) is 2. The Labute approximate surface area is 131 Å². The molecule has 1 aromatic carbocycles. The Morgan fingerprint density at radius 1 is 1.14 bits per heavy atom. The summed E-state index contributed by atoms with van der Waals surface area (Å²) in [5, 5.41) is 4.09. The second kappa shape index (κ2) is 5.85. The molecular weight excluding hydrogens is 308 g/mol. The zero-order valence-corrected chi connectivity index (χ0v) is 12.4. The average Bonchev–Trinajstić information content (AvgIpc) is 3.00. The summed E-state index contributed by atoms with van der Waals surface area (Å²) in [6.45, 7) is 1.93. The maximum atomic E-state index is 14.0. The Kier molecular flexibility index (Phi) is 3.90. The highest BCUT2D eigenvalue weighted by Gasteiger charge is 2.14. The van der Waals surface area contributed by atoms with Crippen LogP contribution in [0.2, 0.25) is 5.15 Å². The summed E-state index contributed by atoms with van der Waals surface area (Å²) in [5.41, 5.74) is 1.86. The molecule has 22 heavy (non-hydrogen) atoms.